The number of amides is 1. The summed E-state index contributed by atoms with van der Waals surface area (Å²) in [6.45, 7) is 2.57. The first-order valence-electron chi connectivity index (χ1n) is 6.90. The Kier molecular flexibility index (Phi) is 4.74. The second kappa shape index (κ2) is 6.53. The van der Waals surface area contributed by atoms with Gasteiger partial charge < -0.3 is 15.4 Å². The van der Waals surface area contributed by atoms with E-state index in [0.717, 1.165) is 12.8 Å². The van der Waals surface area contributed by atoms with Crippen molar-refractivity contribution in [2.24, 2.45) is 0 Å². The third-order valence-electron chi connectivity index (χ3n) is 3.55. The number of ether oxygens (including phenoxy) is 1. The van der Waals surface area contributed by atoms with Gasteiger partial charge in [0, 0.05) is 37.5 Å². The molecule has 1 aliphatic heterocycles. The zero-order valence-electron chi connectivity index (χ0n) is 12.1. The minimum atomic E-state index is -0.507. The van der Waals surface area contributed by atoms with Crippen molar-refractivity contribution in [1.82, 2.24) is 5.32 Å². The number of benzene rings is 1. The van der Waals surface area contributed by atoms with Gasteiger partial charge in [-0.2, -0.15) is 0 Å². The summed E-state index contributed by atoms with van der Waals surface area (Å²) < 4.78 is 5.44. The van der Waals surface area contributed by atoms with Crippen LogP contribution in [0.2, 0.25) is 0 Å². The van der Waals surface area contributed by atoms with E-state index in [4.69, 9.17) is 4.74 Å². The fraction of sp³-hybridized carbons (Fsp3) is 0.500. The highest BCUT2D eigenvalue weighted by atomic mass is 16.6. The van der Waals surface area contributed by atoms with E-state index in [1.807, 2.05) is 6.92 Å². The third kappa shape index (κ3) is 3.69. The summed E-state index contributed by atoms with van der Waals surface area (Å²) in [6, 6.07) is 4.24. The second-order valence-electron chi connectivity index (χ2n) is 5.11. The summed E-state index contributed by atoms with van der Waals surface area (Å²) in [5.74, 6) is -0.304. The van der Waals surface area contributed by atoms with Gasteiger partial charge in [0.05, 0.1) is 16.6 Å². The molecule has 1 saturated heterocycles. The smallest absolute Gasteiger partial charge is 0.270 e. The molecule has 0 aliphatic carbocycles. The first-order valence-corrected chi connectivity index (χ1v) is 6.90. The number of nitro groups is 1. The molecule has 1 amide bonds. The molecule has 7 heteroatoms. The molecule has 2 unspecified atom stereocenters. The van der Waals surface area contributed by atoms with Crippen molar-refractivity contribution in [3.63, 3.8) is 0 Å². The zero-order valence-corrected chi connectivity index (χ0v) is 12.1. The van der Waals surface area contributed by atoms with Crippen LogP contribution in [0.5, 0.6) is 0 Å². The molecule has 0 aromatic heterocycles. The molecule has 1 aliphatic rings. The van der Waals surface area contributed by atoms with E-state index in [-0.39, 0.29) is 29.3 Å². The Morgan fingerprint density at radius 1 is 1.48 bits per heavy atom. The maximum Gasteiger partial charge on any atom is 0.270 e. The summed E-state index contributed by atoms with van der Waals surface area (Å²) >= 11 is 0. The molecule has 0 radical (unpaired) electrons. The number of nitrogens with zero attached hydrogens (tertiary/aromatic N) is 1. The number of nitrogens with one attached hydrogen (secondary N) is 2. The van der Waals surface area contributed by atoms with E-state index in [2.05, 4.69) is 10.6 Å². The van der Waals surface area contributed by atoms with Gasteiger partial charge in [-0.05, 0) is 25.8 Å². The molecule has 0 saturated carbocycles. The minimum Gasteiger partial charge on any atom is -0.387 e. The predicted molar refractivity (Wildman–Crippen MR) is 78.5 cm³/mol. The van der Waals surface area contributed by atoms with E-state index in [1.54, 1.807) is 13.1 Å². The summed E-state index contributed by atoms with van der Waals surface area (Å²) in [5.41, 5.74) is 0.753. The van der Waals surface area contributed by atoms with Crippen LogP contribution in [-0.4, -0.2) is 36.6 Å². The number of nitro benzene ring substituents is 1. The molecule has 0 bridgehead atoms. The topological polar surface area (TPSA) is 93.5 Å². The van der Waals surface area contributed by atoms with Crippen LogP contribution < -0.4 is 10.6 Å². The lowest BCUT2D eigenvalue weighted by Gasteiger charge is -2.28. The number of rotatable bonds is 4. The van der Waals surface area contributed by atoms with Crippen molar-refractivity contribution < 1.29 is 14.5 Å². The predicted octanol–water partition coefficient (Wildman–Crippen LogP) is 1.93. The van der Waals surface area contributed by atoms with Gasteiger partial charge in [0.1, 0.15) is 0 Å². The lowest BCUT2D eigenvalue weighted by Crippen LogP contribution is -2.41. The molecule has 1 heterocycles. The maximum atomic E-state index is 12.4. The van der Waals surface area contributed by atoms with Crippen LogP contribution in [-0.2, 0) is 4.74 Å². The molecule has 21 heavy (non-hydrogen) atoms. The molecule has 7 nitrogen and oxygen atoms in total. The second-order valence-corrected chi connectivity index (χ2v) is 5.11. The Morgan fingerprint density at radius 2 is 2.24 bits per heavy atom. The fourth-order valence-corrected chi connectivity index (χ4v) is 2.44. The van der Waals surface area contributed by atoms with E-state index in [1.165, 1.54) is 12.1 Å². The van der Waals surface area contributed by atoms with Gasteiger partial charge in [0.2, 0.25) is 0 Å². The van der Waals surface area contributed by atoms with Gasteiger partial charge in [-0.15, -0.1) is 0 Å². The first kappa shape index (κ1) is 15.2. The van der Waals surface area contributed by atoms with Gasteiger partial charge in [-0.1, -0.05) is 0 Å². The number of anilines is 1. The quantitative estimate of drug-likeness (QED) is 0.653. The average molecular weight is 293 g/mol. The Balaban J connectivity index is 2.17. The third-order valence-corrected chi connectivity index (χ3v) is 3.55. The van der Waals surface area contributed by atoms with Crippen molar-refractivity contribution >= 4 is 17.3 Å². The van der Waals surface area contributed by atoms with E-state index >= 15 is 0 Å². The number of carbonyl (C=O) groups excluding carboxylic acids is 1. The van der Waals surface area contributed by atoms with Crippen molar-refractivity contribution in [3.8, 4) is 0 Å². The lowest BCUT2D eigenvalue weighted by molar-refractivity contribution is -0.384. The highest BCUT2D eigenvalue weighted by Gasteiger charge is 2.23. The molecule has 114 valence electrons. The Hall–Kier alpha value is -2.15. The summed E-state index contributed by atoms with van der Waals surface area (Å²) in [4.78, 5) is 22.7. The Labute approximate surface area is 122 Å². The lowest BCUT2D eigenvalue weighted by atomic mass is 10.0. The number of hydrogen-bond donors (Lipinski definition) is 2. The van der Waals surface area contributed by atoms with Crippen LogP contribution >= 0.6 is 0 Å². The summed E-state index contributed by atoms with van der Waals surface area (Å²) in [7, 11) is 1.68. The number of carbonyl (C=O) groups is 1. The first-order chi connectivity index (χ1) is 10.0. The van der Waals surface area contributed by atoms with Crippen LogP contribution in [0.4, 0.5) is 11.4 Å². The maximum absolute atomic E-state index is 12.4. The van der Waals surface area contributed by atoms with Gasteiger partial charge in [-0.25, -0.2) is 0 Å². The van der Waals surface area contributed by atoms with E-state index in [0.29, 0.717) is 12.3 Å². The standard InChI is InChI=1S/C14H19N3O4/c1-9-7-10(5-6-21-9)16-14(18)12-8-11(17(19)20)3-4-13(12)15-2/h3-4,8-10,15H,5-7H2,1-2H3,(H,16,18). The molecule has 1 aromatic rings. The van der Waals surface area contributed by atoms with Gasteiger partial charge in [0.25, 0.3) is 11.6 Å². The van der Waals surface area contributed by atoms with Crippen molar-refractivity contribution in [1.29, 1.82) is 0 Å². The normalized spacial score (nSPS) is 21.6. The van der Waals surface area contributed by atoms with Crippen LogP contribution in [0.15, 0.2) is 18.2 Å². The van der Waals surface area contributed by atoms with Crippen LogP contribution in [0.25, 0.3) is 0 Å². The van der Waals surface area contributed by atoms with Crippen molar-refractivity contribution in [2.75, 3.05) is 19.0 Å². The van der Waals surface area contributed by atoms with Crippen LogP contribution in [0.1, 0.15) is 30.1 Å². The molecule has 2 N–H and O–H groups in total. The number of non-ortho nitro benzene ring substituents is 1. The zero-order chi connectivity index (χ0) is 15.4. The summed E-state index contributed by atoms with van der Waals surface area (Å²) in [6.07, 6.45) is 1.60. The molecule has 2 rings (SSSR count). The monoisotopic (exact) mass is 293 g/mol. The van der Waals surface area contributed by atoms with Crippen LogP contribution in [0, 0.1) is 10.1 Å². The number of hydrogen-bond acceptors (Lipinski definition) is 5. The van der Waals surface area contributed by atoms with Gasteiger partial charge in [-0.3, -0.25) is 14.9 Å². The minimum absolute atomic E-state index is 0.0326. The average Bonchev–Trinajstić information content (AvgIpc) is 2.46. The molecule has 2 atom stereocenters. The largest absolute Gasteiger partial charge is 0.387 e. The van der Waals surface area contributed by atoms with E-state index in [9.17, 15) is 14.9 Å². The molecule has 0 spiro atoms. The Morgan fingerprint density at radius 3 is 2.86 bits per heavy atom. The highest BCUT2D eigenvalue weighted by molar-refractivity contribution is 6.00. The summed E-state index contributed by atoms with van der Waals surface area (Å²) in [5, 5.41) is 16.7. The van der Waals surface area contributed by atoms with Gasteiger partial charge in [0.15, 0.2) is 0 Å². The van der Waals surface area contributed by atoms with Crippen LogP contribution in [0.3, 0.4) is 0 Å². The van der Waals surface area contributed by atoms with E-state index < -0.39 is 4.92 Å². The van der Waals surface area contributed by atoms with Crippen molar-refractivity contribution in [3.05, 3.63) is 33.9 Å². The molecule has 1 fully saturated rings. The highest BCUT2D eigenvalue weighted by Crippen LogP contribution is 2.22. The molecular formula is C14H19N3O4. The molecular weight excluding hydrogens is 274 g/mol. The Bertz CT molecular complexity index is 547. The SMILES string of the molecule is CNc1ccc([N+](=O)[O-])cc1C(=O)NC1CCOC(C)C1. The van der Waals surface area contributed by atoms with Gasteiger partial charge >= 0.3 is 0 Å². The fourth-order valence-electron chi connectivity index (χ4n) is 2.44. The molecule has 1 aromatic carbocycles. The van der Waals surface area contributed by atoms with Crippen molar-refractivity contribution in [2.45, 2.75) is 31.9 Å².